The maximum Gasteiger partial charge on any atom is 0.0504 e. The van der Waals surface area contributed by atoms with Crippen LogP contribution in [0.4, 0.5) is 0 Å². The van der Waals surface area contributed by atoms with Crippen LogP contribution in [-0.2, 0) is 10.8 Å². The molecule has 1 rings (SSSR count). The van der Waals surface area contributed by atoms with Crippen LogP contribution in [0.15, 0.2) is 0 Å². The predicted molar refractivity (Wildman–Crippen MR) is 95.2 cm³/mol. The molecule has 0 bridgehead atoms. The van der Waals surface area contributed by atoms with Gasteiger partial charge < -0.3 is 5.32 Å². The molecule has 0 heterocycles. The van der Waals surface area contributed by atoms with Crippen molar-refractivity contribution in [1.29, 1.82) is 0 Å². The molecule has 0 aromatic carbocycles. The molecule has 0 aromatic heterocycles. The molecule has 0 aromatic rings. The largest absolute Gasteiger partial charge is 0.313 e. The SMILES string of the molecule is CCCCCS(=O)C1CC(C(C)(C)CC)CCC1NCC. The van der Waals surface area contributed by atoms with Crippen molar-refractivity contribution in [2.75, 3.05) is 12.3 Å². The molecule has 1 N–H and O–H groups in total. The van der Waals surface area contributed by atoms with Crippen LogP contribution in [0.3, 0.4) is 0 Å². The molecular weight excluding hydrogens is 278 g/mol. The molecule has 4 unspecified atom stereocenters. The van der Waals surface area contributed by atoms with Gasteiger partial charge in [0.25, 0.3) is 0 Å². The van der Waals surface area contributed by atoms with Gasteiger partial charge in [-0.3, -0.25) is 4.21 Å². The summed E-state index contributed by atoms with van der Waals surface area (Å²) in [4.78, 5) is 0. The van der Waals surface area contributed by atoms with Crippen LogP contribution >= 0.6 is 0 Å². The van der Waals surface area contributed by atoms with Crippen molar-refractivity contribution < 1.29 is 4.21 Å². The fourth-order valence-electron chi connectivity index (χ4n) is 3.56. The normalized spacial score (nSPS) is 28.5. The monoisotopic (exact) mass is 315 g/mol. The maximum atomic E-state index is 12.8. The van der Waals surface area contributed by atoms with Crippen molar-refractivity contribution in [3.63, 3.8) is 0 Å². The zero-order chi connectivity index (χ0) is 15.9. The van der Waals surface area contributed by atoms with Crippen molar-refractivity contribution in [2.24, 2.45) is 11.3 Å². The van der Waals surface area contributed by atoms with Gasteiger partial charge in [-0.15, -0.1) is 0 Å². The third-order valence-corrected chi connectivity index (χ3v) is 7.45. The minimum Gasteiger partial charge on any atom is -0.313 e. The number of nitrogens with one attached hydrogen (secondary N) is 1. The van der Waals surface area contributed by atoms with Gasteiger partial charge in [-0.1, -0.05) is 53.9 Å². The number of hydrogen-bond donors (Lipinski definition) is 1. The average Bonchev–Trinajstić information content (AvgIpc) is 2.48. The Bertz CT molecular complexity index is 316. The fourth-order valence-corrected chi connectivity index (χ4v) is 5.40. The predicted octanol–water partition coefficient (Wildman–Crippen LogP) is 4.51. The molecule has 21 heavy (non-hydrogen) atoms. The van der Waals surface area contributed by atoms with E-state index in [0.717, 1.165) is 31.1 Å². The van der Waals surface area contributed by atoms with Gasteiger partial charge in [-0.2, -0.15) is 0 Å². The van der Waals surface area contributed by atoms with Crippen molar-refractivity contribution in [3.8, 4) is 0 Å². The molecule has 1 aliphatic rings. The van der Waals surface area contributed by atoms with Crippen molar-refractivity contribution in [2.45, 2.75) is 90.9 Å². The van der Waals surface area contributed by atoms with Crippen molar-refractivity contribution >= 4 is 10.8 Å². The van der Waals surface area contributed by atoms with Crippen LogP contribution in [0, 0.1) is 11.3 Å². The third-order valence-electron chi connectivity index (χ3n) is 5.56. The van der Waals surface area contributed by atoms with Crippen LogP contribution < -0.4 is 5.32 Å². The summed E-state index contributed by atoms with van der Waals surface area (Å²) in [5, 5.41) is 3.97. The molecule has 1 fully saturated rings. The van der Waals surface area contributed by atoms with E-state index < -0.39 is 10.8 Å². The summed E-state index contributed by atoms with van der Waals surface area (Å²) in [6.45, 7) is 12.5. The molecule has 2 nitrogen and oxygen atoms in total. The quantitative estimate of drug-likeness (QED) is 0.634. The highest BCUT2D eigenvalue weighted by Gasteiger charge is 2.39. The lowest BCUT2D eigenvalue weighted by Crippen LogP contribution is -2.48. The van der Waals surface area contributed by atoms with E-state index in [1.54, 1.807) is 0 Å². The first-order valence-corrected chi connectivity index (χ1v) is 10.4. The summed E-state index contributed by atoms with van der Waals surface area (Å²) in [5.41, 5.74) is 0.392. The van der Waals surface area contributed by atoms with Gasteiger partial charge in [-0.25, -0.2) is 0 Å². The Kier molecular flexibility index (Phi) is 8.48. The van der Waals surface area contributed by atoms with E-state index in [1.807, 2.05) is 0 Å². The summed E-state index contributed by atoms with van der Waals surface area (Å²) < 4.78 is 12.8. The zero-order valence-electron chi connectivity index (χ0n) is 14.9. The average molecular weight is 316 g/mol. The van der Waals surface area contributed by atoms with Crippen molar-refractivity contribution in [1.82, 2.24) is 5.32 Å². The molecule has 4 atom stereocenters. The van der Waals surface area contributed by atoms with Gasteiger partial charge in [0, 0.05) is 22.6 Å². The molecule has 0 radical (unpaired) electrons. The summed E-state index contributed by atoms with van der Waals surface area (Å²) in [7, 11) is -0.659. The first kappa shape index (κ1) is 19.2. The zero-order valence-corrected chi connectivity index (χ0v) is 15.7. The highest BCUT2D eigenvalue weighted by atomic mass is 32.2. The van der Waals surface area contributed by atoms with E-state index in [0.29, 0.717) is 16.7 Å². The summed E-state index contributed by atoms with van der Waals surface area (Å²) in [5.74, 6) is 1.64. The van der Waals surface area contributed by atoms with Gasteiger partial charge in [-0.05, 0) is 43.6 Å². The Hall–Kier alpha value is 0.110. The van der Waals surface area contributed by atoms with E-state index in [9.17, 15) is 4.21 Å². The molecule has 3 heteroatoms. The van der Waals surface area contributed by atoms with Gasteiger partial charge in [0.2, 0.25) is 0 Å². The summed E-state index contributed by atoms with van der Waals surface area (Å²) in [6, 6.07) is 0.473. The molecule has 1 aliphatic carbocycles. The van der Waals surface area contributed by atoms with E-state index in [1.165, 1.54) is 32.1 Å². The Morgan fingerprint density at radius 1 is 1.14 bits per heavy atom. The van der Waals surface area contributed by atoms with Gasteiger partial charge in [0.15, 0.2) is 0 Å². The molecule has 0 amide bonds. The van der Waals surface area contributed by atoms with Crippen LogP contribution in [-0.4, -0.2) is 27.8 Å². The second-order valence-corrected chi connectivity index (χ2v) is 9.12. The Morgan fingerprint density at radius 2 is 1.86 bits per heavy atom. The second-order valence-electron chi connectivity index (χ2n) is 7.35. The topological polar surface area (TPSA) is 29.1 Å². The smallest absolute Gasteiger partial charge is 0.0504 e. The van der Waals surface area contributed by atoms with E-state index in [4.69, 9.17) is 0 Å². The molecule has 0 aliphatic heterocycles. The second kappa shape index (κ2) is 9.29. The molecule has 0 saturated heterocycles. The first-order valence-electron chi connectivity index (χ1n) is 9.06. The molecule has 126 valence electrons. The molecular formula is C18H37NOS. The van der Waals surface area contributed by atoms with Gasteiger partial charge in [0.1, 0.15) is 0 Å². The highest BCUT2D eigenvalue weighted by molar-refractivity contribution is 7.85. The number of unbranched alkanes of at least 4 members (excludes halogenated alkanes) is 2. The maximum absolute atomic E-state index is 12.8. The lowest BCUT2D eigenvalue weighted by Gasteiger charge is -2.43. The first-order chi connectivity index (χ1) is 9.96. The lowest BCUT2D eigenvalue weighted by molar-refractivity contribution is 0.140. The van der Waals surface area contributed by atoms with Gasteiger partial charge in [0.05, 0.1) is 5.25 Å². The van der Waals surface area contributed by atoms with Crippen LogP contribution in [0.25, 0.3) is 0 Å². The Labute approximate surface area is 135 Å². The van der Waals surface area contributed by atoms with E-state index >= 15 is 0 Å². The summed E-state index contributed by atoms with van der Waals surface area (Å²) >= 11 is 0. The Balaban J connectivity index is 2.69. The molecule has 0 spiro atoms. The Morgan fingerprint density at radius 3 is 2.43 bits per heavy atom. The van der Waals surface area contributed by atoms with Crippen LogP contribution in [0.1, 0.15) is 79.6 Å². The minimum atomic E-state index is -0.659. The fraction of sp³-hybridized carbons (Fsp3) is 1.00. The van der Waals surface area contributed by atoms with Crippen LogP contribution in [0.2, 0.25) is 0 Å². The molecule has 1 saturated carbocycles. The van der Waals surface area contributed by atoms with Crippen molar-refractivity contribution in [3.05, 3.63) is 0 Å². The lowest BCUT2D eigenvalue weighted by atomic mass is 9.68. The minimum absolute atomic E-state index is 0.367. The summed E-state index contributed by atoms with van der Waals surface area (Å²) in [6.07, 6.45) is 8.42. The van der Waals surface area contributed by atoms with E-state index in [2.05, 4.69) is 39.9 Å². The third kappa shape index (κ3) is 5.67. The standard InChI is InChI=1S/C18H37NOS/c1-6-9-10-13-21(20)17-14-15(18(4,5)7-2)11-12-16(17)19-8-3/h15-17,19H,6-14H2,1-5H3. The number of rotatable bonds is 9. The van der Waals surface area contributed by atoms with Crippen LogP contribution in [0.5, 0.6) is 0 Å². The highest BCUT2D eigenvalue weighted by Crippen LogP contribution is 2.41. The van der Waals surface area contributed by atoms with E-state index in [-0.39, 0.29) is 0 Å². The number of hydrogen-bond acceptors (Lipinski definition) is 2. The van der Waals surface area contributed by atoms with Gasteiger partial charge >= 0.3 is 0 Å².